The normalized spacial score (nSPS) is 15.3. The fourth-order valence-corrected chi connectivity index (χ4v) is 2.75. The number of nitrogens with zero attached hydrogens (tertiary/aromatic N) is 2. The van der Waals surface area contributed by atoms with Crippen molar-refractivity contribution in [3.63, 3.8) is 0 Å². The third kappa shape index (κ3) is 3.29. The van der Waals surface area contributed by atoms with Crippen molar-refractivity contribution in [2.45, 2.75) is 17.9 Å². The molecule has 1 aromatic heterocycles. The molecule has 1 aliphatic rings. The van der Waals surface area contributed by atoms with Gasteiger partial charge >= 0.3 is 0 Å². The summed E-state index contributed by atoms with van der Waals surface area (Å²) in [5, 5.41) is 9.75. The van der Waals surface area contributed by atoms with Gasteiger partial charge in [-0.2, -0.15) is 5.26 Å². The van der Waals surface area contributed by atoms with E-state index in [9.17, 15) is 10.1 Å². The Bertz CT molecular complexity index is 807. The zero-order valence-electron chi connectivity index (χ0n) is 12.5. The number of hydrogen-bond donors (Lipinski definition) is 1. The molecular weight excluding hydrogens is 314 g/mol. The van der Waals surface area contributed by atoms with Gasteiger partial charge in [0.2, 0.25) is 0 Å². The molecule has 118 valence electrons. The molecule has 1 aliphatic heterocycles. The number of aromatic amines is 1. The Morgan fingerprint density at radius 3 is 2.87 bits per heavy atom. The molecule has 0 saturated carbocycles. The molecule has 7 heteroatoms. The minimum Gasteiger partial charge on any atom is -0.348 e. The number of thioether (sulfide) groups is 1. The van der Waals surface area contributed by atoms with Crippen LogP contribution in [0.5, 0.6) is 0 Å². The van der Waals surface area contributed by atoms with Gasteiger partial charge in [0.25, 0.3) is 5.56 Å². The molecule has 23 heavy (non-hydrogen) atoms. The predicted octanol–water partition coefficient (Wildman–Crippen LogP) is 2.47. The summed E-state index contributed by atoms with van der Waals surface area (Å²) in [6.07, 6.45) is 2.27. The van der Waals surface area contributed by atoms with Crippen molar-refractivity contribution in [3.8, 4) is 17.3 Å². The van der Waals surface area contributed by atoms with E-state index in [1.807, 2.05) is 36.6 Å². The van der Waals surface area contributed by atoms with Gasteiger partial charge in [0, 0.05) is 11.1 Å². The molecule has 0 aliphatic carbocycles. The average Bonchev–Trinajstić information content (AvgIpc) is 2.62. The lowest BCUT2D eigenvalue weighted by atomic mass is 10.0. The van der Waals surface area contributed by atoms with E-state index in [0.717, 1.165) is 12.0 Å². The molecule has 1 fully saturated rings. The molecule has 0 atom stereocenters. The highest BCUT2D eigenvalue weighted by molar-refractivity contribution is 7.98. The van der Waals surface area contributed by atoms with Crippen LogP contribution in [-0.2, 0) is 9.47 Å². The van der Waals surface area contributed by atoms with Crippen molar-refractivity contribution in [1.82, 2.24) is 9.97 Å². The van der Waals surface area contributed by atoms with E-state index in [1.165, 1.54) is 11.8 Å². The highest BCUT2D eigenvalue weighted by atomic mass is 32.2. The summed E-state index contributed by atoms with van der Waals surface area (Å²) < 4.78 is 11.2. The summed E-state index contributed by atoms with van der Waals surface area (Å²) in [5.41, 5.74) is 1.48. The third-order valence-corrected chi connectivity index (χ3v) is 4.04. The molecule has 1 aromatic carbocycles. The number of aromatic nitrogens is 2. The maximum absolute atomic E-state index is 12.0. The van der Waals surface area contributed by atoms with E-state index in [0.29, 0.717) is 29.6 Å². The first-order valence-corrected chi connectivity index (χ1v) is 8.37. The number of nitrogens with one attached hydrogen (secondary N) is 1. The van der Waals surface area contributed by atoms with Crippen LogP contribution in [0.15, 0.2) is 34.2 Å². The van der Waals surface area contributed by atoms with E-state index in [-0.39, 0.29) is 5.56 Å². The number of rotatable bonds is 3. The van der Waals surface area contributed by atoms with Crippen molar-refractivity contribution in [2.24, 2.45) is 0 Å². The quantitative estimate of drug-likeness (QED) is 0.687. The van der Waals surface area contributed by atoms with Crippen molar-refractivity contribution in [2.75, 3.05) is 19.5 Å². The maximum atomic E-state index is 12.0. The summed E-state index contributed by atoms with van der Waals surface area (Å²) in [6, 6.07) is 9.34. The van der Waals surface area contributed by atoms with E-state index in [4.69, 9.17) is 9.47 Å². The lowest BCUT2D eigenvalue weighted by Gasteiger charge is -2.23. The average molecular weight is 329 g/mol. The Labute approximate surface area is 137 Å². The van der Waals surface area contributed by atoms with E-state index in [1.54, 1.807) is 0 Å². The smallest absolute Gasteiger partial charge is 0.270 e. The van der Waals surface area contributed by atoms with E-state index >= 15 is 0 Å². The van der Waals surface area contributed by atoms with Gasteiger partial charge in [-0.25, -0.2) is 4.98 Å². The van der Waals surface area contributed by atoms with Crippen LogP contribution in [0, 0.1) is 11.3 Å². The van der Waals surface area contributed by atoms with Gasteiger partial charge in [0.05, 0.1) is 18.9 Å². The number of ether oxygens (including phenoxy) is 2. The van der Waals surface area contributed by atoms with E-state index in [2.05, 4.69) is 9.97 Å². The largest absolute Gasteiger partial charge is 0.348 e. The zero-order valence-corrected chi connectivity index (χ0v) is 13.4. The summed E-state index contributed by atoms with van der Waals surface area (Å²) in [5.74, 6) is 0. The lowest BCUT2D eigenvalue weighted by Crippen LogP contribution is -2.18. The Kier molecular flexibility index (Phi) is 4.76. The van der Waals surface area contributed by atoms with E-state index < -0.39 is 11.8 Å². The van der Waals surface area contributed by atoms with Gasteiger partial charge in [-0.05, 0) is 18.7 Å². The van der Waals surface area contributed by atoms with Crippen molar-refractivity contribution in [1.29, 1.82) is 5.26 Å². The first kappa shape index (κ1) is 15.7. The van der Waals surface area contributed by atoms with Crippen LogP contribution in [0.4, 0.5) is 0 Å². The zero-order chi connectivity index (χ0) is 16.2. The first-order chi connectivity index (χ1) is 11.2. The molecule has 6 nitrogen and oxygen atoms in total. The molecule has 0 amide bonds. The molecule has 1 saturated heterocycles. The summed E-state index contributed by atoms with van der Waals surface area (Å²) in [6.45, 7) is 1.30. The third-order valence-electron chi connectivity index (χ3n) is 3.46. The summed E-state index contributed by atoms with van der Waals surface area (Å²) in [4.78, 5) is 19.0. The first-order valence-electron chi connectivity index (χ1n) is 7.15. The van der Waals surface area contributed by atoms with Gasteiger partial charge in [0.1, 0.15) is 11.6 Å². The fraction of sp³-hybridized carbons (Fsp3) is 0.312. The summed E-state index contributed by atoms with van der Waals surface area (Å²) in [7, 11) is 0. The molecule has 0 spiro atoms. The van der Waals surface area contributed by atoms with Crippen molar-refractivity contribution in [3.05, 3.63) is 45.7 Å². The van der Waals surface area contributed by atoms with Gasteiger partial charge in [-0.15, -0.1) is 0 Å². The second-order valence-electron chi connectivity index (χ2n) is 4.96. The number of nitriles is 1. The standard InChI is InChI=1S/C16H15N3O3S/c1-23-16-18-13(12(9-17)14(20)19-16)10-4-2-5-11(8-10)15-21-6-3-7-22-15/h2,4-5,8,15H,3,6-7H2,1H3,(H,18,19,20). The molecule has 2 heterocycles. The highest BCUT2D eigenvalue weighted by Crippen LogP contribution is 2.28. The molecule has 1 N–H and O–H groups in total. The Morgan fingerprint density at radius 2 is 2.17 bits per heavy atom. The van der Waals surface area contributed by atoms with Gasteiger partial charge in [0.15, 0.2) is 11.4 Å². The molecule has 3 rings (SSSR count). The molecule has 2 aromatic rings. The number of H-pyrrole nitrogens is 1. The maximum Gasteiger partial charge on any atom is 0.270 e. The van der Waals surface area contributed by atoms with Gasteiger partial charge < -0.3 is 14.5 Å². The van der Waals surface area contributed by atoms with Crippen LogP contribution in [0.2, 0.25) is 0 Å². The highest BCUT2D eigenvalue weighted by Gasteiger charge is 2.19. The van der Waals surface area contributed by atoms with Crippen LogP contribution in [-0.4, -0.2) is 29.4 Å². The minimum atomic E-state index is -0.433. The minimum absolute atomic E-state index is 0.00503. The van der Waals surface area contributed by atoms with Gasteiger partial charge in [-0.3, -0.25) is 4.79 Å². The molecule has 0 unspecified atom stereocenters. The number of benzene rings is 1. The van der Waals surface area contributed by atoms with Crippen molar-refractivity contribution < 1.29 is 9.47 Å². The molecule has 0 radical (unpaired) electrons. The monoisotopic (exact) mass is 329 g/mol. The van der Waals surface area contributed by atoms with Gasteiger partial charge in [-0.1, -0.05) is 30.0 Å². The Morgan fingerprint density at radius 1 is 1.39 bits per heavy atom. The van der Waals surface area contributed by atoms with Crippen molar-refractivity contribution >= 4 is 11.8 Å². The van der Waals surface area contributed by atoms with Crippen LogP contribution in [0.3, 0.4) is 0 Å². The van der Waals surface area contributed by atoms with Crippen LogP contribution >= 0.6 is 11.8 Å². The number of hydrogen-bond acceptors (Lipinski definition) is 6. The van der Waals surface area contributed by atoms with Crippen LogP contribution in [0.25, 0.3) is 11.3 Å². The fourth-order valence-electron chi connectivity index (χ4n) is 2.37. The van der Waals surface area contributed by atoms with Crippen LogP contribution < -0.4 is 5.56 Å². The SMILES string of the molecule is CSc1nc(-c2cccc(C3OCCCO3)c2)c(C#N)c(=O)[nH]1. The molecular formula is C16H15N3O3S. The lowest BCUT2D eigenvalue weighted by molar-refractivity contribution is -0.183. The predicted molar refractivity (Wildman–Crippen MR) is 86.1 cm³/mol. The Hall–Kier alpha value is -2.14. The van der Waals surface area contributed by atoms with Crippen LogP contribution in [0.1, 0.15) is 23.8 Å². The second-order valence-corrected chi connectivity index (χ2v) is 5.76. The topological polar surface area (TPSA) is 88.0 Å². The second kappa shape index (κ2) is 6.96. The Balaban J connectivity index is 2.07. The molecule has 0 bridgehead atoms. The summed E-state index contributed by atoms with van der Waals surface area (Å²) >= 11 is 1.32.